The van der Waals surface area contributed by atoms with Crippen molar-refractivity contribution in [2.24, 2.45) is 5.92 Å². The molecule has 0 aliphatic rings. The molecule has 2 aromatic carbocycles. The summed E-state index contributed by atoms with van der Waals surface area (Å²) >= 11 is 0. The zero-order valence-corrected chi connectivity index (χ0v) is 23.9. The highest BCUT2D eigenvalue weighted by Gasteiger charge is 2.50. The van der Waals surface area contributed by atoms with Crippen molar-refractivity contribution in [1.82, 2.24) is 0 Å². The second kappa shape index (κ2) is 12.5. The Kier molecular flexibility index (Phi) is 10.6. The minimum absolute atomic E-state index is 0.0275. The van der Waals surface area contributed by atoms with Gasteiger partial charge in [0, 0.05) is 19.1 Å². The van der Waals surface area contributed by atoms with E-state index < -0.39 is 16.6 Å². The van der Waals surface area contributed by atoms with E-state index >= 15 is 0 Å². The molecule has 0 aliphatic heterocycles. The standard InChI is InChI=1S/C28H46O3Si2/c1-8-32(9-2,10-3)31-27(24(4)23-29)21-22-30-33(28(5,6)7,25-17-13-11-14-18-25)26-19-15-12-16-20-26/h11-20,24,27,29H,8-10,21-23H2,1-7H3/t24-,27+/m1/s1. The largest absolute Gasteiger partial charge is 0.414 e. The fraction of sp³-hybridized carbons (Fsp3) is 0.571. The summed E-state index contributed by atoms with van der Waals surface area (Å²) in [6, 6.07) is 24.9. The van der Waals surface area contributed by atoms with Gasteiger partial charge in [-0.05, 0) is 40.0 Å². The molecule has 3 nitrogen and oxygen atoms in total. The zero-order valence-electron chi connectivity index (χ0n) is 21.9. The Labute approximate surface area is 204 Å². The minimum atomic E-state index is -2.55. The van der Waals surface area contributed by atoms with Crippen molar-refractivity contribution in [2.45, 2.75) is 84.2 Å². The van der Waals surface area contributed by atoms with Crippen molar-refractivity contribution in [3.05, 3.63) is 60.7 Å². The summed E-state index contributed by atoms with van der Waals surface area (Å²) in [5.41, 5.74) is 0. The summed E-state index contributed by atoms with van der Waals surface area (Å²) in [6.07, 6.45) is 0.834. The normalized spacial score (nSPS) is 14.8. The van der Waals surface area contributed by atoms with Gasteiger partial charge in [-0.15, -0.1) is 0 Å². The van der Waals surface area contributed by atoms with Crippen molar-refractivity contribution in [1.29, 1.82) is 0 Å². The molecule has 2 rings (SSSR count). The zero-order chi connectivity index (χ0) is 24.5. The molecule has 0 bridgehead atoms. The molecule has 0 amide bonds. The monoisotopic (exact) mass is 486 g/mol. The third kappa shape index (κ3) is 6.46. The van der Waals surface area contributed by atoms with Gasteiger partial charge in [0.1, 0.15) is 0 Å². The van der Waals surface area contributed by atoms with Crippen LogP contribution in [0.15, 0.2) is 60.7 Å². The summed E-state index contributed by atoms with van der Waals surface area (Å²) in [6.45, 7) is 16.6. The van der Waals surface area contributed by atoms with Crippen molar-refractivity contribution >= 4 is 27.0 Å². The SMILES string of the molecule is CC[Si](CC)(CC)O[C@@H](CCO[Si](c1ccccc1)(c1ccccc1)C(C)(C)C)[C@H](C)CO. The third-order valence-corrected chi connectivity index (χ3v) is 17.1. The van der Waals surface area contributed by atoms with Gasteiger partial charge in [-0.1, -0.05) is 109 Å². The van der Waals surface area contributed by atoms with Crippen LogP contribution in [0.5, 0.6) is 0 Å². The highest BCUT2D eigenvalue weighted by atomic mass is 28.4. The smallest absolute Gasteiger partial charge is 0.261 e. The molecule has 33 heavy (non-hydrogen) atoms. The molecule has 0 spiro atoms. The van der Waals surface area contributed by atoms with E-state index in [2.05, 4.69) is 109 Å². The maximum atomic E-state index is 9.97. The highest BCUT2D eigenvalue weighted by Crippen LogP contribution is 2.37. The second-order valence-electron chi connectivity index (χ2n) is 10.4. The molecule has 0 fully saturated rings. The Morgan fingerprint density at radius 2 is 1.27 bits per heavy atom. The van der Waals surface area contributed by atoms with E-state index in [1.165, 1.54) is 10.4 Å². The first kappa shape index (κ1) is 28.0. The van der Waals surface area contributed by atoms with E-state index in [1.807, 2.05) is 0 Å². The molecule has 184 valence electrons. The second-order valence-corrected chi connectivity index (χ2v) is 19.4. The van der Waals surface area contributed by atoms with Crippen LogP contribution in [0.4, 0.5) is 0 Å². The van der Waals surface area contributed by atoms with Crippen molar-refractivity contribution in [2.75, 3.05) is 13.2 Å². The van der Waals surface area contributed by atoms with Gasteiger partial charge < -0.3 is 14.0 Å². The predicted octanol–water partition coefficient (Wildman–Crippen LogP) is 5.97. The van der Waals surface area contributed by atoms with Crippen LogP contribution in [-0.2, 0) is 8.85 Å². The Morgan fingerprint density at radius 1 is 0.818 bits per heavy atom. The van der Waals surface area contributed by atoms with Gasteiger partial charge in [-0.2, -0.15) is 0 Å². The molecule has 0 saturated heterocycles. The van der Waals surface area contributed by atoms with Crippen LogP contribution in [0.3, 0.4) is 0 Å². The van der Waals surface area contributed by atoms with Crippen LogP contribution in [-0.4, -0.2) is 41.1 Å². The van der Waals surface area contributed by atoms with Crippen LogP contribution in [0, 0.1) is 5.92 Å². The van der Waals surface area contributed by atoms with Gasteiger partial charge in [0.25, 0.3) is 8.32 Å². The van der Waals surface area contributed by atoms with E-state index in [-0.39, 0.29) is 23.7 Å². The number of hydrogen-bond acceptors (Lipinski definition) is 3. The van der Waals surface area contributed by atoms with Crippen molar-refractivity contribution in [3.63, 3.8) is 0 Å². The van der Waals surface area contributed by atoms with E-state index in [0.717, 1.165) is 24.6 Å². The van der Waals surface area contributed by atoms with E-state index in [0.29, 0.717) is 6.61 Å². The van der Waals surface area contributed by atoms with Gasteiger partial charge in [0.2, 0.25) is 0 Å². The fourth-order valence-electron chi connectivity index (χ4n) is 4.99. The summed E-state index contributed by atoms with van der Waals surface area (Å²) < 4.78 is 14.0. The summed E-state index contributed by atoms with van der Waals surface area (Å²) in [5, 5.41) is 12.5. The minimum Gasteiger partial charge on any atom is -0.414 e. The number of aliphatic hydroxyl groups excluding tert-OH is 1. The molecular weight excluding hydrogens is 440 g/mol. The lowest BCUT2D eigenvalue weighted by molar-refractivity contribution is 0.0680. The molecule has 0 heterocycles. The average molecular weight is 487 g/mol. The first-order chi connectivity index (χ1) is 15.7. The lowest BCUT2D eigenvalue weighted by Crippen LogP contribution is -2.66. The lowest BCUT2D eigenvalue weighted by atomic mass is 10.0. The van der Waals surface area contributed by atoms with Gasteiger partial charge >= 0.3 is 0 Å². The molecule has 0 aliphatic carbocycles. The van der Waals surface area contributed by atoms with Crippen LogP contribution in [0.1, 0.15) is 54.9 Å². The van der Waals surface area contributed by atoms with Gasteiger partial charge in [0.15, 0.2) is 8.32 Å². The Bertz CT molecular complexity index is 753. The lowest BCUT2D eigenvalue weighted by Gasteiger charge is -2.43. The van der Waals surface area contributed by atoms with Crippen LogP contribution in [0.2, 0.25) is 23.2 Å². The van der Waals surface area contributed by atoms with Gasteiger partial charge in [-0.25, -0.2) is 0 Å². The maximum absolute atomic E-state index is 9.97. The average Bonchev–Trinajstić information content (AvgIpc) is 2.84. The van der Waals surface area contributed by atoms with Gasteiger partial charge in [-0.3, -0.25) is 0 Å². The molecule has 2 aromatic rings. The summed E-state index contributed by atoms with van der Waals surface area (Å²) in [4.78, 5) is 0. The topological polar surface area (TPSA) is 38.7 Å². The van der Waals surface area contributed by atoms with Gasteiger partial charge in [0.05, 0.1) is 6.10 Å². The molecule has 0 aromatic heterocycles. The Hall–Kier alpha value is -1.25. The predicted molar refractivity (Wildman–Crippen MR) is 147 cm³/mol. The van der Waals surface area contributed by atoms with E-state index in [9.17, 15) is 5.11 Å². The Balaban J connectivity index is 2.39. The molecule has 0 unspecified atom stereocenters. The quantitative estimate of drug-likeness (QED) is 0.354. The number of rotatable bonds is 13. The first-order valence-electron chi connectivity index (χ1n) is 12.7. The van der Waals surface area contributed by atoms with Crippen molar-refractivity contribution < 1.29 is 14.0 Å². The first-order valence-corrected chi connectivity index (χ1v) is 17.2. The van der Waals surface area contributed by atoms with E-state index in [1.54, 1.807) is 0 Å². The molecule has 5 heteroatoms. The summed E-state index contributed by atoms with van der Waals surface area (Å²) in [7, 11) is -4.33. The fourth-order valence-corrected chi connectivity index (χ4v) is 12.6. The number of hydrogen-bond donors (Lipinski definition) is 1. The molecule has 0 radical (unpaired) electrons. The number of aliphatic hydroxyl groups is 1. The maximum Gasteiger partial charge on any atom is 0.261 e. The third-order valence-electron chi connectivity index (χ3n) is 7.39. The van der Waals surface area contributed by atoms with Crippen molar-refractivity contribution in [3.8, 4) is 0 Å². The van der Waals surface area contributed by atoms with E-state index in [4.69, 9.17) is 8.85 Å². The summed E-state index contributed by atoms with van der Waals surface area (Å²) in [5.74, 6) is 0.101. The van der Waals surface area contributed by atoms with Crippen LogP contribution >= 0.6 is 0 Å². The number of benzene rings is 2. The van der Waals surface area contributed by atoms with Crippen LogP contribution < -0.4 is 10.4 Å². The van der Waals surface area contributed by atoms with Crippen LogP contribution in [0.25, 0.3) is 0 Å². The Morgan fingerprint density at radius 3 is 1.64 bits per heavy atom. The molecular formula is C28H46O3Si2. The highest BCUT2D eigenvalue weighted by molar-refractivity contribution is 6.99. The molecule has 0 saturated carbocycles. The molecule has 2 atom stereocenters. The molecule has 1 N–H and O–H groups in total.